The van der Waals surface area contributed by atoms with Crippen molar-refractivity contribution in [3.8, 4) is 0 Å². The molecule has 2 bridgehead atoms. The van der Waals surface area contributed by atoms with Crippen molar-refractivity contribution in [2.45, 2.75) is 0 Å². The van der Waals surface area contributed by atoms with Crippen LogP contribution in [0.3, 0.4) is 0 Å². The normalized spacial score (nSPS) is 55.6. The molecule has 3 aliphatic carbocycles. The molecule has 2 heterocycles. The molecule has 0 unspecified atom stereocenters. The minimum absolute atomic E-state index is 0.898. The molecule has 0 aromatic rings. The SMILES string of the molecule is CN1C[C@@H]2[C@@H]3C=C[C@H]([C@H]4CN(C)C[C@@H]34)[C@@H]2C1. The molecular weight excluding hydrogens is 196 g/mol. The van der Waals surface area contributed by atoms with Gasteiger partial charge >= 0.3 is 0 Å². The van der Waals surface area contributed by atoms with E-state index in [0.29, 0.717) is 0 Å². The molecule has 2 nitrogen and oxygen atoms in total. The van der Waals surface area contributed by atoms with Crippen molar-refractivity contribution in [2.75, 3.05) is 40.3 Å². The van der Waals surface area contributed by atoms with Crippen LogP contribution in [0.15, 0.2) is 12.2 Å². The summed E-state index contributed by atoms with van der Waals surface area (Å²) >= 11 is 0. The van der Waals surface area contributed by atoms with Crippen molar-refractivity contribution < 1.29 is 0 Å². The molecule has 3 fully saturated rings. The quantitative estimate of drug-likeness (QED) is 0.563. The van der Waals surface area contributed by atoms with E-state index in [1.807, 2.05) is 0 Å². The van der Waals surface area contributed by atoms with Crippen molar-refractivity contribution in [1.29, 1.82) is 0 Å². The first-order valence-corrected chi connectivity index (χ1v) is 6.79. The summed E-state index contributed by atoms with van der Waals surface area (Å²) in [6.45, 7) is 5.40. The number of hydrogen-bond donors (Lipinski definition) is 0. The zero-order valence-electron chi connectivity index (χ0n) is 10.3. The Morgan fingerprint density at radius 2 is 1.00 bits per heavy atom. The summed E-state index contributed by atoms with van der Waals surface area (Å²) in [6, 6.07) is 0. The van der Waals surface area contributed by atoms with Gasteiger partial charge in [0.05, 0.1) is 0 Å². The highest BCUT2D eigenvalue weighted by molar-refractivity contribution is 5.19. The van der Waals surface area contributed by atoms with Crippen molar-refractivity contribution in [2.24, 2.45) is 35.5 Å². The Kier molecular flexibility index (Phi) is 1.88. The molecule has 2 aliphatic heterocycles. The fourth-order valence-electron chi connectivity index (χ4n) is 5.22. The van der Waals surface area contributed by atoms with Crippen molar-refractivity contribution in [3.63, 3.8) is 0 Å². The third-order valence-electron chi connectivity index (χ3n) is 5.72. The first-order chi connectivity index (χ1) is 7.74. The molecule has 0 radical (unpaired) electrons. The van der Waals surface area contributed by atoms with Gasteiger partial charge in [0.15, 0.2) is 0 Å². The second kappa shape index (κ2) is 3.11. The first-order valence-electron chi connectivity index (χ1n) is 6.79. The predicted molar refractivity (Wildman–Crippen MR) is 65.1 cm³/mol. The molecule has 1 saturated carbocycles. The molecule has 16 heavy (non-hydrogen) atoms. The van der Waals surface area contributed by atoms with Crippen molar-refractivity contribution in [1.82, 2.24) is 9.80 Å². The van der Waals surface area contributed by atoms with Crippen LogP contribution in [-0.2, 0) is 0 Å². The van der Waals surface area contributed by atoms with Crippen LogP contribution in [-0.4, -0.2) is 50.1 Å². The van der Waals surface area contributed by atoms with Gasteiger partial charge in [0, 0.05) is 26.2 Å². The lowest BCUT2D eigenvalue weighted by Gasteiger charge is -2.48. The van der Waals surface area contributed by atoms with E-state index >= 15 is 0 Å². The monoisotopic (exact) mass is 218 g/mol. The molecular formula is C14H22N2. The summed E-state index contributed by atoms with van der Waals surface area (Å²) < 4.78 is 0. The Morgan fingerprint density at radius 1 is 0.688 bits per heavy atom. The number of hydrogen-bond acceptors (Lipinski definition) is 2. The van der Waals surface area contributed by atoms with Gasteiger partial charge in [0.1, 0.15) is 0 Å². The fourth-order valence-corrected chi connectivity index (χ4v) is 5.22. The van der Waals surface area contributed by atoms with Crippen LogP contribution in [0.4, 0.5) is 0 Å². The van der Waals surface area contributed by atoms with Gasteiger partial charge in [-0.3, -0.25) is 0 Å². The van der Waals surface area contributed by atoms with Crippen LogP contribution in [0, 0.1) is 35.5 Å². The largest absolute Gasteiger partial charge is 0.306 e. The Bertz CT molecular complexity index is 282. The van der Waals surface area contributed by atoms with E-state index in [1.165, 1.54) is 26.2 Å². The second-order valence-electron chi connectivity index (χ2n) is 6.64. The molecule has 88 valence electrons. The minimum atomic E-state index is 0.898. The van der Waals surface area contributed by atoms with Crippen LogP contribution < -0.4 is 0 Å². The van der Waals surface area contributed by atoms with Crippen molar-refractivity contribution in [3.05, 3.63) is 12.2 Å². The van der Waals surface area contributed by atoms with Gasteiger partial charge in [-0.2, -0.15) is 0 Å². The van der Waals surface area contributed by atoms with Gasteiger partial charge in [-0.05, 0) is 49.6 Å². The molecule has 0 aromatic heterocycles. The van der Waals surface area contributed by atoms with E-state index < -0.39 is 0 Å². The highest BCUT2D eigenvalue weighted by Gasteiger charge is 2.55. The predicted octanol–water partition coefficient (Wildman–Crippen LogP) is 1.16. The van der Waals surface area contributed by atoms with Gasteiger partial charge in [-0.25, -0.2) is 0 Å². The second-order valence-corrected chi connectivity index (χ2v) is 6.64. The number of nitrogens with zero attached hydrogens (tertiary/aromatic N) is 2. The van der Waals surface area contributed by atoms with Gasteiger partial charge in [0.25, 0.3) is 0 Å². The summed E-state index contributed by atoms with van der Waals surface area (Å²) in [5.74, 6) is 5.71. The Balaban J connectivity index is 1.71. The molecule has 5 rings (SSSR count). The summed E-state index contributed by atoms with van der Waals surface area (Å²) in [6.07, 6.45) is 5.15. The van der Waals surface area contributed by atoms with Gasteiger partial charge in [-0.1, -0.05) is 12.2 Å². The number of likely N-dealkylation sites (tertiary alicyclic amines) is 2. The fraction of sp³-hybridized carbons (Fsp3) is 0.857. The molecule has 0 N–H and O–H groups in total. The third-order valence-corrected chi connectivity index (χ3v) is 5.72. The third kappa shape index (κ3) is 1.10. The number of allylic oxidation sites excluding steroid dienone is 2. The maximum atomic E-state index is 2.57. The first kappa shape index (κ1) is 9.67. The standard InChI is InChI=1S/C14H22N2/c1-15-5-11-9-3-4-10(12(11)6-15)14-8-16(2)7-13(9)14/h3-4,9-14H,5-8H2,1-2H3/t9-,10-,11-,12+,13+,14-. The van der Waals surface area contributed by atoms with E-state index in [2.05, 4.69) is 36.0 Å². The summed E-state index contributed by atoms with van der Waals surface area (Å²) in [4.78, 5) is 5.13. The lowest BCUT2D eigenvalue weighted by atomic mass is 9.55. The van der Waals surface area contributed by atoms with Crippen LogP contribution in [0.2, 0.25) is 0 Å². The topological polar surface area (TPSA) is 6.48 Å². The van der Waals surface area contributed by atoms with E-state index in [1.54, 1.807) is 0 Å². The number of rotatable bonds is 0. The molecule has 2 heteroatoms. The minimum Gasteiger partial charge on any atom is -0.306 e. The van der Waals surface area contributed by atoms with E-state index in [4.69, 9.17) is 0 Å². The summed E-state index contributed by atoms with van der Waals surface area (Å²) in [5.41, 5.74) is 0. The maximum Gasteiger partial charge on any atom is 0.00158 e. The molecule has 2 saturated heterocycles. The molecule has 5 aliphatic rings. The van der Waals surface area contributed by atoms with Gasteiger partial charge in [0.2, 0.25) is 0 Å². The molecule has 0 amide bonds. The Morgan fingerprint density at radius 3 is 1.31 bits per heavy atom. The van der Waals surface area contributed by atoms with Crippen molar-refractivity contribution >= 4 is 0 Å². The highest BCUT2D eigenvalue weighted by Crippen LogP contribution is 2.55. The van der Waals surface area contributed by atoms with Crippen LogP contribution in [0.5, 0.6) is 0 Å². The smallest absolute Gasteiger partial charge is 0.00158 e. The average Bonchev–Trinajstić information content (AvgIpc) is 2.79. The molecule has 0 aromatic carbocycles. The van der Waals surface area contributed by atoms with Gasteiger partial charge < -0.3 is 9.80 Å². The van der Waals surface area contributed by atoms with Crippen LogP contribution in [0.1, 0.15) is 0 Å². The maximum absolute atomic E-state index is 2.57. The van der Waals surface area contributed by atoms with Crippen LogP contribution >= 0.6 is 0 Å². The Hall–Kier alpha value is -0.340. The van der Waals surface area contributed by atoms with E-state index in [-0.39, 0.29) is 0 Å². The van der Waals surface area contributed by atoms with E-state index in [9.17, 15) is 0 Å². The average molecular weight is 218 g/mol. The lowest BCUT2D eigenvalue weighted by molar-refractivity contribution is 0.0650. The van der Waals surface area contributed by atoms with E-state index in [0.717, 1.165) is 35.5 Å². The molecule has 0 spiro atoms. The lowest BCUT2D eigenvalue weighted by Crippen LogP contribution is -2.47. The summed E-state index contributed by atoms with van der Waals surface area (Å²) in [5, 5.41) is 0. The van der Waals surface area contributed by atoms with Crippen LogP contribution in [0.25, 0.3) is 0 Å². The zero-order valence-corrected chi connectivity index (χ0v) is 10.3. The Labute approximate surface area is 98.3 Å². The summed E-state index contributed by atoms with van der Waals surface area (Å²) in [7, 11) is 4.61. The highest BCUT2D eigenvalue weighted by atomic mass is 15.2. The molecule has 6 atom stereocenters. The zero-order chi connectivity index (χ0) is 10.9. The van der Waals surface area contributed by atoms with Gasteiger partial charge in [-0.15, -0.1) is 0 Å².